The summed E-state index contributed by atoms with van der Waals surface area (Å²) in [5.41, 5.74) is -1.10. The van der Waals surface area contributed by atoms with Gasteiger partial charge in [0, 0.05) is 12.6 Å². The molecule has 2 bridgehead atoms. The molecule has 3 aliphatic heterocycles. The Balaban J connectivity index is 2.02. The molecule has 0 aliphatic carbocycles. The lowest BCUT2D eigenvalue weighted by molar-refractivity contribution is -0.157. The Kier molecular flexibility index (Phi) is 9.98. The minimum absolute atomic E-state index is 0.0511. The molecule has 8 nitrogen and oxygen atoms in total. The van der Waals surface area contributed by atoms with E-state index in [1.165, 1.54) is 0 Å². The van der Waals surface area contributed by atoms with Gasteiger partial charge in [0.2, 0.25) is 11.8 Å². The number of fused-ring (bicyclic) bond motifs is 1. The molecule has 3 fully saturated rings. The number of hydrogen-bond donors (Lipinski definition) is 1. The summed E-state index contributed by atoms with van der Waals surface area (Å²) in [6.45, 7) is 16.0. The lowest BCUT2D eigenvalue weighted by Gasteiger charge is -2.41. The van der Waals surface area contributed by atoms with E-state index in [0.29, 0.717) is 32.2 Å². The molecule has 0 aromatic rings. The Morgan fingerprint density at radius 3 is 2.62 bits per heavy atom. The largest absolute Gasteiger partial charge is 0.465 e. The number of ether oxygens (including phenoxy) is 2. The number of allylic oxidation sites excluding steroid dienone is 1. The van der Waals surface area contributed by atoms with E-state index in [0.717, 1.165) is 19.3 Å². The molecule has 0 aromatic carbocycles. The van der Waals surface area contributed by atoms with Crippen LogP contribution in [0, 0.1) is 17.8 Å². The van der Waals surface area contributed by atoms with E-state index in [4.69, 9.17) is 9.47 Å². The maximum Gasteiger partial charge on any atom is 0.312 e. The van der Waals surface area contributed by atoms with Gasteiger partial charge in [-0.3, -0.25) is 14.4 Å². The van der Waals surface area contributed by atoms with Gasteiger partial charge in [-0.2, -0.15) is 0 Å². The number of aliphatic hydroxyl groups is 1. The van der Waals surface area contributed by atoms with Crippen LogP contribution < -0.4 is 0 Å². The van der Waals surface area contributed by atoms with Crippen molar-refractivity contribution in [3.63, 3.8) is 0 Å². The number of nitrogens with zero attached hydrogens (tertiary/aromatic N) is 2. The molecular weight excluding hydrogens is 472 g/mol. The maximum absolute atomic E-state index is 14.4. The average molecular weight is 519 g/mol. The zero-order chi connectivity index (χ0) is 27.3. The van der Waals surface area contributed by atoms with E-state index >= 15 is 0 Å². The number of carbonyl (C=O) groups excluding carboxylic acids is 3. The van der Waals surface area contributed by atoms with Crippen molar-refractivity contribution < 1.29 is 29.0 Å². The van der Waals surface area contributed by atoms with Crippen LogP contribution in [0.2, 0.25) is 0 Å². The highest BCUT2D eigenvalue weighted by Gasteiger charge is 2.75. The topological polar surface area (TPSA) is 96.4 Å². The van der Waals surface area contributed by atoms with Gasteiger partial charge >= 0.3 is 5.97 Å². The highest BCUT2D eigenvalue weighted by molar-refractivity contribution is 5.98. The first-order chi connectivity index (χ1) is 17.7. The molecule has 0 radical (unpaired) electrons. The Bertz CT molecular complexity index is 859. The highest BCUT2D eigenvalue weighted by Crippen LogP contribution is 2.59. The van der Waals surface area contributed by atoms with Crippen molar-refractivity contribution in [1.29, 1.82) is 0 Å². The third-order valence-corrected chi connectivity index (χ3v) is 8.24. The number of unbranched alkanes of at least 4 members (excludes halogenated alkanes) is 1. The summed E-state index contributed by atoms with van der Waals surface area (Å²) in [4.78, 5) is 45.1. The number of rotatable bonds is 15. The molecule has 0 aromatic heterocycles. The van der Waals surface area contributed by atoms with Crippen molar-refractivity contribution in [1.82, 2.24) is 9.80 Å². The van der Waals surface area contributed by atoms with Crippen LogP contribution in [-0.2, 0) is 23.9 Å². The molecule has 1 N–H and O–H groups in total. The highest BCUT2D eigenvalue weighted by atomic mass is 16.6. The number of esters is 1. The molecular formula is C29H46N2O6. The maximum atomic E-state index is 14.4. The van der Waals surface area contributed by atoms with Gasteiger partial charge in [0.1, 0.15) is 11.6 Å². The minimum atomic E-state index is -1.10. The monoisotopic (exact) mass is 518 g/mol. The molecule has 3 rings (SSSR count). The smallest absolute Gasteiger partial charge is 0.312 e. The van der Waals surface area contributed by atoms with Gasteiger partial charge in [0.15, 0.2) is 0 Å². The Morgan fingerprint density at radius 1 is 1.30 bits per heavy atom. The van der Waals surface area contributed by atoms with E-state index < -0.39 is 41.6 Å². The predicted molar refractivity (Wildman–Crippen MR) is 141 cm³/mol. The molecule has 3 unspecified atom stereocenters. The van der Waals surface area contributed by atoms with Crippen molar-refractivity contribution in [2.24, 2.45) is 17.8 Å². The third-order valence-electron chi connectivity index (χ3n) is 8.24. The molecule has 37 heavy (non-hydrogen) atoms. The first-order valence-corrected chi connectivity index (χ1v) is 14.0. The van der Waals surface area contributed by atoms with Crippen LogP contribution in [0.15, 0.2) is 25.3 Å². The molecule has 1 spiro atoms. The first kappa shape index (κ1) is 29.4. The Morgan fingerprint density at radius 2 is 2.03 bits per heavy atom. The zero-order valence-electron chi connectivity index (χ0n) is 23.1. The fourth-order valence-electron chi connectivity index (χ4n) is 6.71. The summed E-state index contributed by atoms with van der Waals surface area (Å²) < 4.78 is 12.1. The summed E-state index contributed by atoms with van der Waals surface area (Å²) in [5.74, 6) is -2.25. The summed E-state index contributed by atoms with van der Waals surface area (Å²) >= 11 is 0. The van der Waals surface area contributed by atoms with Crippen LogP contribution in [0.3, 0.4) is 0 Å². The first-order valence-electron chi connectivity index (χ1n) is 14.0. The average Bonchev–Trinajstić information content (AvgIpc) is 3.50. The van der Waals surface area contributed by atoms with Crippen LogP contribution in [0.1, 0.15) is 72.6 Å². The van der Waals surface area contributed by atoms with Crippen molar-refractivity contribution >= 4 is 17.8 Å². The van der Waals surface area contributed by atoms with Crippen molar-refractivity contribution in [2.45, 2.75) is 102 Å². The standard InChI is InChI=1S/C29H46N2O6/c1-7-10-11-16-36-28(35)23-22-13-14-29(37-22)24(23)26(33)31(21(18-32)17-19(4)5)25(29)27(34)30(15-9-3)20(6)12-8-2/h7,9,19-25,32H,1,3,8,10-18H2,2,4-6H3/t20?,21-,22-,23+,24+,25?,29?/m1/s1. The number of hydrogen-bond acceptors (Lipinski definition) is 6. The van der Waals surface area contributed by atoms with Gasteiger partial charge in [0.25, 0.3) is 0 Å². The van der Waals surface area contributed by atoms with Gasteiger partial charge in [-0.25, -0.2) is 0 Å². The molecule has 0 saturated carbocycles. The number of likely N-dealkylation sites (tertiary alicyclic amines) is 1. The van der Waals surface area contributed by atoms with Crippen LogP contribution in [-0.4, -0.2) is 82.3 Å². The fraction of sp³-hybridized carbons (Fsp3) is 0.759. The van der Waals surface area contributed by atoms with Gasteiger partial charge in [-0.15, -0.1) is 13.2 Å². The summed E-state index contributed by atoms with van der Waals surface area (Å²) in [6.07, 6.45) is 7.80. The molecule has 3 saturated heterocycles. The molecule has 3 aliphatic rings. The van der Waals surface area contributed by atoms with Gasteiger partial charge in [-0.05, 0) is 51.4 Å². The second-order valence-electron chi connectivity index (χ2n) is 11.3. The number of amides is 2. The predicted octanol–water partition coefficient (Wildman–Crippen LogP) is 3.48. The normalized spacial score (nSPS) is 29.8. The van der Waals surface area contributed by atoms with E-state index in [-0.39, 0.29) is 37.0 Å². The van der Waals surface area contributed by atoms with Gasteiger partial charge in [0.05, 0.1) is 37.2 Å². The van der Waals surface area contributed by atoms with Crippen molar-refractivity contribution in [3.8, 4) is 0 Å². The lowest BCUT2D eigenvalue weighted by atomic mass is 9.70. The molecule has 2 amide bonds. The third kappa shape index (κ3) is 5.51. The van der Waals surface area contributed by atoms with E-state index in [1.807, 2.05) is 20.8 Å². The van der Waals surface area contributed by atoms with Gasteiger partial charge in [-0.1, -0.05) is 39.3 Å². The molecule has 7 atom stereocenters. The van der Waals surface area contributed by atoms with Crippen LogP contribution >= 0.6 is 0 Å². The van der Waals surface area contributed by atoms with E-state index in [1.54, 1.807) is 22.0 Å². The van der Waals surface area contributed by atoms with Crippen LogP contribution in [0.4, 0.5) is 0 Å². The fourth-order valence-corrected chi connectivity index (χ4v) is 6.71. The molecule has 8 heteroatoms. The summed E-state index contributed by atoms with van der Waals surface area (Å²) in [7, 11) is 0. The second-order valence-corrected chi connectivity index (χ2v) is 11.3. The van der Waals surface area contributed by atoms with Crippen molar-refractivity contribution in [3.05, 3.63) is 25.3 Å². The molecule has 208 valence electrons. The van der Waals surface area contributed by atoms with E-state index in [9.17, 15) is 19.5 Å². The van der Waals surface area contributed by atoms with Crippen LogP contribution in [0.5, 0.6) is 0 Å². The van der Waals surface area contributed by atoms with Crippen molar-refractivity contribution in [2.75, 3.05) is 19.8 Å². The number of aliphatic hydroxyl groups excluding tert-OH is 1. The number of carbonyl (C=O) groups is 3. The van der Waals surface area contributed by atoms with Crippen LogP contribution in [0.25, 0.3) is 0 Å². The SMILES string of the molecule is C=CCCCOC(=O)[C@@H]1[C@H]2C(=O)N([C@@H](CO)CC(C)C)C(C(=O)N(CC=C)C(C)CCC)C23CC[C@H]1O3. The van der Waals surface area contributed by atoms with Gasteiger partial charge < -0.3 is 24.4 Å². The molecule has 3 heterocycles. The minimum Gasteiger partial charge on any atom is -0.465 e. The quantitative estimate of drug-likeness (QED) is 0.203. The zero-order valence-corrected chi connectivity index (χ0v) is 23.1. The lowest BCUT2D eigenvalue weighted by Crippen LogP contribution is -2.60. The summed E-state index contributed by atoms with van der Waals surface area (Å²) in [5, 5.41) is 10.4. The second kappa shape index (κ2) is 12.6. The summed E-state index contributed by atoms with van der Waals surface area (Å²) in [6, 6.07) is -1.49. The van der Waals surface area contributed by atoms with E-state index in [2.05, 4.69) is 20.1 Å². The Hall–Kier alpha value is -2.19. The Labute approximate surface area is 222 Å².